The maximum Gasteiger partial charge on any atom is 0.292 e. The van der Waals surface area contributed by atoms with Gasteiger partial charge < -0.3 is 14.3 Å². The summed E-state index contributed by atoms with van der Waals surface area (Å²) in [5.41, 5.74) is 3.12. The summed E-state index contributed by atoms with van der Waals surface area (Å²) in [6.45, 7) is 0.415. The molecule has 6 rings (SSSR count). The zero-order valence-electron chi connectivity index (χ0n) is 16.9. The van der Waals surface area contributed by atoms with Gasteiger partial charge in [0.05, 0.1) is 35.7 Å². The first-order chi connectivity index (χ1) is 15.6. The van der Waals surface area contributed by atoms with Gasteiger partial charge in [-0.15, -0.1) is 0 Å². The van der Waals surface area contributed by atoms with E-state index in [9.17, 15) is 9.18 Å². The highest BCUT2D eigenvalue weighted by Crippen LogP contribution is 2.35. The number of H-pyrrole nitrogens is 1. The van der Waals surface area contributed by atoms with E-state index in [0.717, 1.165) is 5.69 Å². The molecule has 11 heteroatoms. The maximum absolute atomic E-state index is 14.3. The molecular weight excluding hydrogens is 415 g/mol. The van der Waals surface area contributed by atoms with E-state index in [2.05, 4.69) is 25.1 Å². The maximum atomic E-state index is 14.3. The van der Waals surface area contributed by atoms with Crippen LogP contribution in [-0.2, 0) is 13.5 Å². The molecule has 10 nitrogen and oxygen atoms in total. The van der Waals surface area contributed by atoms with Crippen LogP contribution in [0.5, 0.6) is 0 Å². The molecule has 1 atom stereocenters. The summed E-state index contributed by atoms with van der Waals surface area (Å²) < 4.78 is 23.1. The molecule has 32 heavy (non-hydrogen) atoms. The minimum Gasteiger partial charge on any atom is -0.431 e. The third kappa shape index (κ3) is 2.82. The number of hydrogen-bond donors (Lipinski definition) is 1. The largest absolute Gasteiger partial charge is 0.431 e. The topological polar surface area (TPSA) is 110 Å². The van der Waals surface area contributed by atoms with Crippen LogP contribution in [0.2, 0.25) is 0 Å². The Morgan fingerprint density at radius 3 is 3.03 bits per heavy atom. The van der Waals surface area contributed by atoms with Crippen LogP contribution >= 0.6 is 0 Å². The first kappa shape index (κ1) is 18.5. The lowest BCUT2D eigenvalue weighted by Crippen LogP contribution is -2.40. The first-order valence-electron chi connectivity index (χ1n) is 10.0. The first-order valence-corrected chi connectivity index (χ1v) is 10.0. The zero-order chi connectivity index (χ0) is 21.8. The number of carbonyl (C=O) groups is 1. The number of rotatable bonds is 3. The number of carbonyl (C=O) groups excluding carboxylic acids is 1. The Balaban J connectivity index is 1.41. The molecule has 5 aromatic rings. The molecule has 1 aliphatic rings. The fourth-order valence-electron chi connectivity index (χ4n) is 4.11. The number of halogens is 1. The van der Waals surface area contributed by atoms with Crippen LogP contribution in [-0.4, -0.2) is 51.7 Å². The molecule has 1 aliphatic heterocycles. The lowest BCUT2D eigenvalue weighted by atomic mass is 9.99. The fourth-order valence-corrected chi connectivity index (χ4v) is 4.11. The van der Waals surface area contributed by atoms with Gasteiger partial charge in [-0.1, -0.05) is 0 Å². The molecule has 1 amide bonds. The van der Waals surface area contributed by atoms with Gasteiger partial charge in [0.1, 0.15) is 17.4 Å². The van der Waals surface area contributed by atoms with Gasteiger partial charge in [0.15, 0.2) is 0 Å². The molecule has 1 N–H and O–H groups in total. The standard InChI is InChI=1S/C21H17FN8O2/c1-28-10-12(8-26-28)20-23-9-17(32-20)21(31)29-6-4-14-18(25-11-24-14)19(29)15-7-16-13(22)3-2-5-30(16)27-15/h2-3,5,7-11,19H,4,6H2,1H3,(H,24,25). The average Bonchev–Trinajstić information content (AvgIpc) is 3.57. The highest BCUT2D eigenvalue weighted by molar-refractivity contribution is 5.92. The van der Waals surface area contributed by atoms with Crippen molar-refractivity contribution in [1.29, 1.82) is 0 Å². The molecule has 5 aromatic heterocycles. The molecule has 160 valence electrons. The SMILES string of the molecule is Cn1cc(-c2ncc(C(=O)N3CCc4[nH]cnc4C3c3cc4c(F)cccn4n3)o2)cn1. The van der Waals surface area contributed by atoms with Crippen LogP contribution in [0.1, 0.15) is 33.7 Å². The van der Waals surface area contributed by atoms with Gasteiger partial charge in [-0.25, -0.2) is 18.9 Å². The Bertz CT molecular complexity index is 1460. The monoisotopic (exact) mass is 432 g/mol. The summed E-state index contributed by atoms with van der Waals surface area (Å²) >= 11 is 0. The number of fused-ring (bicyclic) bond motifs is 2. The number of pyridine rings is 1. The molecule has 0 aromatic carbocycles. The number of hydrogen-bond acceptors (Lipinski definition) is 6. The summed E-state index contributed by atoms with van der Waals surface area (Å²) in [6.07, 6.45) is 8.64. The van der Waals surface area contributed by atoms with E-state index in [1.54, 1.807) is 53.7 Å². The Morgan fingerprint density at radius 2 is 2.22 bits per heavy atom. The normalized spacial score (nSPS) is 15.9. The fraction of sp³-hybridized carbons (Fsp3) is 0.190. The van der Waals surface area contributed by atoms with Gasteiger partial charge in [0.25, 0.3) is 5.91 Å². The number of aryl methyl sites for hydroxylation is 1. The smallest absolute Gasteiger partial charge is 0.292 e. The van der Waals surface area contributed by atoms with Crippen molar-refractivity contribution in [1.82, 2.24) is 39.2 Å². The summed E-state index contributed by atoms with van der Waals surface area (Å²) in [6, 6.07) is 4.01. The van der Waals surface area contributed by atoms with Crippen LogP contribution in [0, 0.1) is 5.82 Å². The van der Waals surface area contributed by atoms with E-state index in [1.165, 1.54) is 16.8 Å². The summed E-state index contributed by atoms with van der Waals surface area (Å²) in [4.78, 5) is 26.9. The van der Waals surface area contributed by atoms with Gasteiger partial charge in [-0.05, 0) is 18.2 Å². The van der Waals surface area contributed by atoms with Crippen molar-refractivity contribution in [2.75, 3.05) is 6.54 Å². The van der Waals surface area contributed by atoms with Gasteiger partial charge in [0.2, 0.25) is 11.7 Å². The lowest BCUT2D eigenvalue weighted by Gasteiger charge is -2.33. The van der Waals surface area contributed by atoms with Crippen LogP contribution < -0.4 is 0 Å². The number of nitrogens with zero attached hydrogens (tertiary/aromatic N) is 7. The van der Waals surface area contributed by atoms with Gasteiger partial charge in [-0.2, -0.15) is 10.2 Å². The minimum atomic E-state index is -0.594. The van der Waals surface area contributed by atoms with Crippen molar-refractivity contribution < 1.29 is 13.6 Å². The quantitative estimate of drug-likeness (QED) is 0.469. The predicted molar refractivity (Wildman–Crippen MR) is 109 cm³/mol. The van der Waals surface area contributed by atoms with Crippen LogP contribution in [0.15, 0.2) is 53.7 Å². The molecule has 0 spiro atoms. The van der Waals surface area contributed by atoms with Crippen LogP contribution in [0.3, 0.4) is 0 Å². The third-order valence-corrected chi connectivity index (χ3v) is 5.60. The number of aromatic amines is 1. The van der Waals surface area contributed by atoms with Gasteiger partial charge >= 0.3 is 0 Å². The second-order valence-corrected chi connectivity index (χ2v) is 7.60. The highest BCUT2D eigenvalue weighted by Gasteiger charge is 2.37. The predicted octanol–water partition coefficient (Wildman–Crippen LogP) is 2.37. The Labute approximate surface area is 180 Å². The van der Waals surface area contributed by atoms with Crippen molar-refractivity contribution in [2.24, 2.45) is 7.05 Å². The van der Waals surface area contributed by atoms with E-state index in [1.807, 2.05) is 0 Å². The number of amides is 1. The van der Waals surface area contributed by atoms with Crippen LogP contribution in [0.4, 0.5) is 4.39 Å². The highest BCUT2D eigenvalue weighted by atomic mass is 19.1. The summed E-state index contributed by atoms with van der Waals surface area (Å²) in [5.74, 6) is -0.324. The molecular formula is C21H17FN8O2. The average molecular weight is 432 g/mol. The molecule has 6 heterocycles. The molecule has 0 aliphatic carbocycles. The molecule has 0 radical (unpaired) electrons. The number of nitrogens with one attached hydrogen (secondary N) is 1. The number of aromatic nitrogens is 7. The van der Waals surface area contributed by atoms with Crippen molar-refractivity contribution in [3.8, 4) is 11.5 Å². The zero-order valence-corrected chi connectivity index (χ0v) is 16.9. The van der Waals surface area contributed by atoms with Crippen LogP contribution in [0.25, 0.3) is 17.0 Å². The van der Waals surface area contributed by atoms with Crippen molar-refractivity contribution in [3.05, 3.63) is 78.0 Å². The van der Waals surface area contributed by atoms with E-state index in [0.29, 0.717) is 41.3 Å². The Kier molecular flexibility index (Phi) is 3.97. The van der Waals surface area contributed by atoms with E-state index in [4.69, 9.17) is 4.42 Å². The van der Waals surface area contributed by atoms with Gasteiger partial charge in [0, 0.05) is 38.1 Å². The van der Waals surface area contributed by atoms with E-state index >= 15 is 0 Å². The minimum absolute atomic E-state index is 0.0998. The van der Waals surface area contributed by atoms with E-state index < -0.39 is 11.9 Å². The molecule has 0 saturated carbocycles. The molecule has 0 saturated heterocycles. The lowest BCUT2D eigenvalue weighted by molar-refractivity contribution is 0.0655. The van der Waals surface area contributed by atoms with Gasteiger partial charge in [-0.3, -0.25) is 9.48 Å². The molecule has 0 fully saturated rings. The third-order valence-electron chi connectivity index (χ3n) is 5.60. The number of oxazole rings is 1. The summed E-state index contributed by atoms with van der Waals surface area (Å²) in [7, 11) is 1.79. The second kappa shape index (κ2) is 6.87. The number of imidazole rings is 1. The van der Waals surface area contributed by atoms with Crippen molar-refractivity contribution in [3.63, 3.8) is 0 Å². The van der Waals surface area contributed by atoms with Crippen molar-refractivity contribution in [2.45, 2.75) is 12.5 Å². The van der Waals surface area contributed by atoms with E-state index in [-0.39, 0.29) is 11.7 Å². The Morgan fingerprint density at radius 1 is 1.31 bits per heavy atom. The van der Waals surface area contributed by atoms with Crippen molar-refractivity contribution >= 4 is 11.4 Å². The second-order valence-electron chi connectivity index (χ2n) is 7.60. The Hall–Kier alpha value is -4.28. The summed E-state index contributed by atoms with van der Waals surface area (Å²) in [5, 5.41) is 8.63. The molecule has 0 bridgehead atoms. The molecule has 1 unspecified atom stereocenters.